The van der Waals surface area contributed by atoms with Gasteiger partial charge in [-0.2, -0.15) is 5.26 Å². The van der Waals surface area contributed by atoms with Crippen molar-refractivity contribution in [2.75, 3.05) is 11.9 Å². The Balaban J connectivity index is 1.95. The number of anilines is 1. The van der Waals surface area contributed by atoms with Crippen LogP contribution in [0.2, 0.25) is 0 Å². The fourth-order valence-electron chi connectivity index (χ4n) is 2.61. The van der Waals surface area contributed by atoms with Gasteiger partial charge in [-0.1, -0.05) is 6.08 Å². The van der Waals surface area contributed by atoms with Crippen LogP contribution in [0.15, 0.2) is 41.9 Å². The van der Waals surface area contributed by atoms with E-state index < -0.39 is 28.2 Å². The predicted molar refractivity (Wildman–Crippen MR) is 98.1 cm³/mol. The monoisotopic (exact) mass is 388 g/mol. The number of halogens is 1. The molecule has 2 atom stereocenters. The number of hydrogen-bond acceptors (Lipinski definition) is 4. The van der Waals surface area contributed by atoms with Gasteiger partial charge in [0, 0.05) is 18.9 Å². The number of rotatable bonds is 3. The van der Waals surface area contributed by atoms with Crippen LogP contribution in [0.1, 0.15) is 23.0 Å². The van der Waals surface area contributed by atoms with Gasteiger partial charge in [0.25, 0.3) is 5.91 Å². The average Bonchev–Trinajstić information content (AvgIpc) is 2.92. The molecule has 2 heterocycles. The van der Waals surface area contributed by atoms with Crippen molar-refractivity contribution < 1.29 is 18.1 Å². The molecule has 1 aliphatic rings. The molecule has 1 aromatic carbocycles. The summed E-state index contributed by atoms with van der Waals surface area (Å²) in [6.45, 7) is 5.63. The Morgan fingerprint density at radius 3 is 3.00 bits per heavy atom. The highest BCUT2D eigenvalue weighted by Crippen LogP contribution is 2.33. The van der Waals surface area contributed by atoms with E-state index in [-0.39, 0.29) is 29.3 Å². The largest absolute Gasteiger partial charge is 0.487 e. The molecule has 1 aliphatic heterocycles. The molecule has 0 radical (unpaired) electrons. The topological polar surface area (TPSA) is 96.2 Å². The van der Waals surface area contributed by atoms with Gasteiger partial charge in [0.2, 0.25) is 0 Å². The number of nitrogens with one attached hydrogen (secondary N) is 2. The number of nitriles is 1. The van der Waals surface area contributed by atoms with Gasteiger partial charge in [-0.05, 0) is 25.1 Å². The third-order valence-corrected chi connectivity index (χ3v) is 5.50. The van der Waals surface area contributed by atoms with E-state index in [9.17, 15) is 13.4 Å². The number of carbonyl (C=O) groups is 1. The molecule has 0 saturated heterocycles. The molecule has 0 aliphatic carbocycles. The highest BCUT2D eigenvalue weighted by atomic mass is 32.2. The van der Waals surface area contributed by atoms with Crippen LogP contribution in [0.3, 0.4) is 0 Å². The van der Waals surface area contributed by atoms with E-state index in [0.29, 0.717) is 4.90 Å². The molecule has 7 nitrogen and oxygen atoms in total. The van der Waals surface area contributed by atoms with Gasteiger partial charge in [-0.15, -0.1) is 6.58 Å². The zero-order valence-corrected chi connectivity index (χ0v) is 15.5. The number of hydrogen-bond donors (Lipinski definition) is 2. The van der Waals surface area contributed by atoms with Gasteiger partial charge in [0.15, 0.2) is 11.4 Å². The second-order valence-electron chi connectivity index (χ2n) is 6.32. The Morgan fingerprint density at radius 2 is 2.33 bits per heavy atom. The van der Waals surface area contributed by atoms with Crippen LogP contribution in [0.25, 0.3) is 0 Å². The summed E-state index contributed by atoms with van der Waals surface area (Å²) in [7, 11) is 0.0250. The predicted octanol–water partition coefficient (Wildman–Crippen LogP) is 2.24. The lowest BCUT2D eigenvalue weighted by molar-refractivity contribution is 0.101. The van der Waals surface area contributed by atoms with E-state index in [0.717, 1.165) is 6.07 Å². The summed E-state index contributed by atoms with van der Waals surface area (Å²) in [4.78, 5) is 13.1. The summed E-state index contributed by atoms with van der Waals surface area (Å²) < 4.78 is 36.3. The first kappa shape index (κ1) is 18.8. The molecule has 140 valence electrons. The molecule has 0 fully saturated rings. The number of fused-ring (bicyclic) bond motifs is 1. The molecule has 1 aromatic heterocycles. The van der Waals surface area contributed by atoms with Crippen LogP contribution in [0.4, 0.5) is 10.1 Å². The van der Waals surface area contributed by atoms with Crippen molar-refractivity contribution in [3.63, 3.8) is 0 Å². The normalized spacial score (nSPS) is 21.3. The van der Waals surface area contributed by atoms with Crippen LogP contribution in [0.5, 0.6) is 5.75 Å². The van der Waals surface area contributed by atoms with Crippen molar-refractivity contribution in [3.8, 4) is 11.8 Å². The standard InChI is InChI=1S/C18H17FN4O3S/c1-4-18(2)10-26-16-14(27(25)22-18)9-23(3)15(16)17(24)21-12-5-6-13(19)11(7-12)8-20/h4-7,9,22H,1,10H2,2-3H3,(H,21,24). The maximum Gasteiger partial charge on any atom is 0.276 e. The Kier molecular flexibility index (Phi) is 4.87. The molecule has 2 aromatic rings. The first-order chi connectivity index (χ1) is 12.8. The summed E-state index contributed by atoms with van der Waals surface area (Å²) in [5.74, 6) is -1.00. The second kappa shape index (κ2) is 6.98. The van der Waals surface area contributed by atoms with Crippen molar-refractivity contribution in [3.05, 3.63) is 54.1 Å². The Hall–Kier alpha value is -2.96. The third kappa shape index (κ3) is 3.49. The number of aryl methyl sites for hydroxylation is 1. The lowest BCUT2D eigenvalue weighted by Crippen LogP contribution is -2.44. The van der Waals surface area contributed by atoms with Crippen LogP contribution >= 0.6 is 0 Å². The van der Waals surface area contributed by atoms with Crippen molar-refractivity contribution in [1.82, 2.24) is 9.29 Å². The number of carbonyl (C=O) groups excluding carboxylic acids is 1. The minimum Gasteiger partial charge on any atom is -0.487 e. The summed E-state index contributed by atoms with van der Waals surface area (Å²) in [6, 6.07) is 5.41. The van der Waals surface area contributed by atoms with Crippen LogP contribution < -0.4 is 14.8 Å². The van der Waals surface area contributed by atoms with E-state index >= 15 is 0 Å². The van der Waals surface area contributed by atoms with Crippen molar-refractivity contribution in [1.29, 1.82) is 5.26 Å². The van der Waals surface area contributed by atoms with Crippen LogP contribution in [0, 0.1) is 17.1 Å². The fraction of sp³-hybridized carbons (Fsp3) is 0.222. The van der Waals surface area contributed by atoms with Gasteiger partial charge in [-0.3, -0.25) is 4.79 Å². The SMILES string of the molecule is C=CC1(C)COc2c(cn(C)c2C(=O)Nc2ccc(F)c(C#N)c2)S(=O)N1. The molecule has 3 rings (SSSR count). The Morgan fingerprint density at radius 1 is 1.59 bits per heavy atom. The molecule has 0 saturated carbocycles. The minimum absolute atomic E-state index is 0.134. The van der Waals surface area contributed by atoms with E-state index in [1.807, 2.05) is 0 Å². The minimum atomic E-state index is -1.60. The lowest BCUT2D eigenvalue weighted by Gasteiger charge is -2.23. The molecule has 2 unspecified atom stereocenters. The first-order valence-electron chi connectivity index (χ1n) is 7.94. The number of benzene rings is 1. The summed E-state index contributed by atoms with van der Waals surface area (Å²) in [5, 5.41) is 11.5. The zero-order chi connectivity index (χ0) is 19.8. The first-order valence-corrected chi connectivity index (χ1v) is 9.09. The molecule has 2 N–H and O–H groups in total. The highest BCUT2D eigenvalue weighted by molar-refractivity contribution is 7.83. The van der Waals surface area contributed by atoms with Gasteiger partial charge in [0.1, 0.15) is 34.4 Å². The number of ether oxygens (including phenoxy) is 1. The van der Waals surface area contributed by atoms with Gasteiger partial charge < -0.3 is 14.6 Å². The highest BCUT2D eigenvalue weighted by Gasteiger charge is 2.34. The Labute approximate surface area is 158 Å². The summed E-state index contributed by atoms with van der Waals surface area (Å²) in [6.07, 6.45) is 3.14. The molecule has 27 heavy (non-hydrogen) atoms. The van der Waals surface area contributed by atoms with Gasteiger partial charge in [-0.25, -0.2) is 13.3 Å². The fourth-order valence-corrected chi connectivity index (χ4v) is 3.86. The molecular formula is C18H17FN4O3S. The van der Waals surface area contributed by atoms with Crippen molar-refractivity contribution in [2.24, 2.45) is 7.05 Å². The molecule has 9 heteroatoms. The number of nitrogens with zero attached hydrogens (tertiary/aromatic N) is 2. The molecule has 1 amide bonds. The smallest absolute Gasteiger partial charge is 0.276 e. The van der Waals surface area contributed by atoms with E-state index in [4.69, 9.17) is 10.00 Å². The van der Waals surface area contributed by atoms with E-state index in [1.54, 1.807) is 32.3 Å². The second-order valence-corrected chi connectivity index (χ2v) is 7.51. The quantitative estimate of drug-likeness (QED) is 0.788. The van der Waals surface area contributed by atoms with E-state index in [2.05, 4.69) is 16.6 Å². The summed E-state index contributed by atoms with van der Waals surface area (Å²) in [5.41, 5.74) is -0.475. The number of amides is 1. The molecule has 0 spiro atoms. The van der Waals surface area contributed by atoms with Crippen molar-refractivity contribution in [2.45, 2.75) is 17.4 Å². The third-order valence-electron chi connectivity index (χ3n) is 4.15. The van der Waals surface area contributed by atoms with E-state index in [1.165, 1.54) is 16.7 Å². The van der Waals surface area contributed by atoms with Crippen LogP contribution in [-0.4, -0.2) is 26.8 Å². The maximum atomic E-state index is 13.5. The Bertz CT molecular complexity index is 1010. The van der Waals surface area contributed by atoms with Crippen molar-refractivity contribution >= 4 is 22.6 Å². The number of aromatic nitrogens is 1. The maximum absolute atomic E-state index is 13.5. The average molecular weight is 388 g/mol. The zero-order valence-electron chi connectivity index (χ0n) is 14.7. The van der Waals surface area contributed by atoms with Gasteiger partial charge in [0.05, 0.1) is 11.1 Å². The molecule has 0 bridgehead atoms. The summed E-state index contributed by atoms with van der Waals surface area (Å²) >= 11 is 0. The lowest BCUT2D eigenvalue weighted by atomic mass is 10.1. The molecular weight excluding hydrogens is 371 g/mol. The van der Waals surface area contributed by atoms with Gasteiger partial charge >= 0.3 is 0 Å². The van der Waals surface area contributed by atoms with Crippen LogP contribution in [-0.2, 0) is 18.0 Å².